The van der Waals surface area contributed by atoms with E-state index in [9.17, 15) is 9.90 Å². The summed E-state index contributed by atoms with van der Waals surface area (Å²) < 4.78 is 0. The van der Waals surface area contributed by atoms with Gasteiger partial charge in [0.2, 0.25) is 0 Å². The van der Waals surface area contributed by atoms with E-state index in [1.165, 1.54) is 0 Å². The molecule has 1 aliphatic carbocycles. The van der Waals surface area contributed by atoms with Crippen LogP contribution in [0.1, 0.15) is 37.8 Å². The summed E-state index contributed by atoms with van der Waals surface area (Å²) in [5.74, 6) is 0.215. The zero-order valence-corrected chi connectivity index (χ0v) is 14.9. The van der Waals surface area contributed by atoms with E-state index >= 15 is 0 Å². The third kappa shape index (κ3) is 3.25. The molecule has 2 aromatic rings. The largest absolute Gasteiger partial charge is 0.512 e. The third-order valence-corrected chi connectivity index (χ3v) is 4.79. The zero-order valence-electron chi connectivity index (χ0n) is 14.2. The smallest absolute Gasteiger partial charge is 0.167 e. The van der Waals surface area contributed by atoms with Gasteiger partial charge in [-0.3, -0.25) is 4.79 Å². The summed E-state index contributed by atoms with van der Waals surface area (Å²) in [5, 5.41) is 11.2. The summed E-state index contributed by atoms with van der Waals surface area (Å²) in [7, 11) is 0. The Labute approximate surface area is 147 Å². The normalized spacial score (nSPS) is 17.2. The van der Waals surface area contributed by atoms with Gasteiger partial charge >= 0.3 is 0 Å². The second-order valence-corrected chi connectivity index (χ2v) is 7.74. The number of halogens is 1. The number of hydrogen-bond donors (Lipinski definition) is 1. The molecule has 124 valence electrons. The number of carbonyl (C=O) groups excluding carboxylic acids is 1. The number of hydrogen-bond acceptors (Lipinski definition) is 2. The predicted octanol–water partition coefficient (Wildman–Crippen LogP) is 5.97. The van der Waals surface area contributed by atoms with Gasteiger partial charge in [0.15, 0.2) is 5.78 Å². The number of aliphatic hydroxyl groups excluding tert-OH is 1. The zero-order chi connectivity index (χ0) is 17.5. The summed E-state index contributed by atoms with van der Waals surface area (Å²) in [6.07, 6.45) is 0.982. The molecule has 0 aliphatic heterocycles. The molecule has 2 aromatic carbocycles. The number of benzene rings is 2. The Bertz CT molecular complexity index is 829. The lowest BCUT2D eigenvalue weighted by atomic mass is 9.74. The van der Waals surface area contributed by atoms with Crippen molar-refractivity contribution in [2.45, 2.75) is 33.6 Å². The van der Waals surface area contributed by atoms with Crippen molar-refractivity contribution in [3.8, 4) is 11.1 Å². The van der Waals surface area contributed by atoms with Crippen molar-refractivity contribution < 1.29 is 9.90 Å². The van der Waals surface area contributed by atoms with Crippen LogP contribution in [-0.4, -0.2) is 10.9 Å². The number of allylic oxidation sites excluding steroid dienone is 2. The lowest BCUT2D eigenvalue weighted by Crippen LogP contribution is -2.25. The average Bonchev–Trinajstić information content (AvgIpc) is 2.48. The predicted molar refractivity (Wildman–Crippen MR) is 99.2 cm³/mol. The summed E-state index contributed by atoms with van der Waals surface area (Å²) in [5.41, 5.74) is 4.13. The van der Waals surface area contributed by atoms with Gasteiger partial charge in [-0.15, -0.1) is 0 Å². The van der Waals surface area contributed by atoms with Crippen LogP contribution >= 0.6 is 11.6 Å². The summed E-state index contributed by atoms with van der Waals surface area (Å²) in [4.78, 5) is 12.6. The number of Topliss-reactive ketones (excluding diaryl/α,β-unsaturated/α-hetero) is 1. The second kappa shape index (κ2) is 6.10. The topological polar surface area (TPSA) is 37.3 Å². The first-order chi connectivity index (χ1) is 11.3. The van der Waals surface area contributed by atoms with Crippen molar-refractivity contribution in [3.63, 3.8) is 0 Å². The molecule has 0 amide bonds. The molecule has 1 aliphatic rings. The number of rotatable bonds is 2. The van der Waals surface area contributed by atoms with Crippen molar-refractivity contribution in [1.29, 1.82) is 0 Å². The highest BCUT2D eigenvalue weighted by Gasteiger charge is 2.34. The van der Waals surface area contributed by atoms with Gasteiger partial charge in [0, 0.05) is 17.9 Å². The average molecular weight is 341 g/mol. The van der Waals surface area contributed by atoms with Crippen LogP contribution in [0.5, 0.6) is 0 Å². The maximum atomic E-state index is 12.6. The maximum absolute atomic E-state index is 12.6. The summed E-state index contributed by atoms with van der Waals surface area (Å²) in [6, 6.07) is 13.6. The minimum Gasteiger partial charge on any atom is -0.512 e. The van der Waals surface area contributed by atoms with Crippen LogP contribution in [0.3, 0.4) is 0 Å². The quantitative estimate of drug-likeness (QED) is 0.730. The van der Waals surface area contributed by atoms with Crippen LogP contribution in [0.15, 0.2) is 48.2 Å². The highest BCUT2D eigenvalue weighted by atomic mass is 35.5. The van der Waals surface area contributed by atoms with E-state index in [1.54, 1.807) is 0 Å². The Morgan fingerprint density at radius 2 is 1.62 bits per heavy atom. The number of aryl methyl sites for hydroxylation is 1. The molecule has 0 saturated heterocycles. The Morgan fingerprint density at radius 3 is 2.25 bits per heavy atom. The minimum absolute atomic E-state index is 0.0140. The SMILES string of the molecule is Cc1ccc(-c2ccc(Cl)cc2)cc1C1=C(O)CC(C)(C)CC1=O. The molecule has 3 heteroatoms. The first-order valence-corrected chi connectivity index (χ1v) is 8.47. The van der Waals surface area contributed by atoms with Gasteiger partial charge in [-0.05, 0) is 52.8 Å². The lowest BCUT2D eigenvalue weighted by Gasteiger charge is -2.30. The fourth-order valence-corrected chi connectivity index (χ4v) is 3.43. The van der Waals surface area contributed by atoms with Crippen LogP contribution in [0.4, 0.5) is 0 Å². The van der Waals surface area contributed by atoms with Crippen LogP contribution in [0.25, 0.3) is 16.7 Å². The van der Waals surface area contributed by atoms with Crippen LogP contribution in [-0.2, 0) is 4.79 Å². The van der Waals surface area contributed by atoms with Crippen molar-refractivity contribution in [3.05, 3.63) is 64.4 Å². The molecular weight excluding hydrogens is 320 g/mol. The second-order valence-electron chi connectivity index (χ2n) is 7.30. The molecule has 0 bridgehead atoms. The molecule has 24 heavy (non-hydrogen) atoms. The standard InChI is InChI=1S/C21H21ClO2/c1-13-4-5-15(14-6-8-16(22)9-7-14)10-17(13)20-18(23)11-21(2,3)12-19(20)24/h4-10,23H,11-12H2,1-3H3. The van der Waals surface area contributed by atoms with Crippen molar-refractivity contribution in [2.75, 3.05) is 0 Å². The molecule has 0 radical (unpaired) electrons. The van der Waals surface area contributed by atoms with E-state index in [1.807, 2.05) is 63.2 Å². The van der Waals surface area contributed by atoms with Gasteiger partial charge in [0.05, 0.1) is 5.57 Å². The van der Waals surface area contributed by atoms with Gasteiger partial charge in [-0.2, -0.15) is 0 Å². The fourth-order valence-electron chi connectivity index (χ4n) is 3.31. The van der Waals surface area contributed by atoms with Crippen LogP contribution in [0, 0.1) is 12.3 Å². The highest BCUT2D eigenvalue weighted by Crippen LogP contribution is 2.40. The van der Waals surface area contributed by atoms with E-state index in [0.29, 0.717) is 23.4 Å². The number of carbonyl (C=O) groups is 1. The Balaban J connectivity index is 2.10. The van der Waals surface area contributed by atoms with E-state index in [-0.39, 0.29) is 17.0 Å². The van der Waals surface area contributed by atoms with Crippen LogP contribution < -0.4 is 0 Å². The van der Waals surface area contributed by atoms with Crippen molar-refractivity contribution >= 4 is 23.0 Å². The van der Waals surface area contributed by atoms with Gasteiger partial charge in [0.25, 0.3) is 0 Å². The van der Waals surface area contributed by atoms with Gasteiger partial charge < -0.3 is 5.11 Å². The molecule has 0 atom stereocenters. The van der Waals surface area contributed by atoms with Crippen LogP contribution in [0.2, 0.25) is 5.02 Å². The Kier molecular flexibility index (Phi) is 4.27. The molecule has 0 aromatic heterocycles. The molecule has 0 saturated carbocycles. The third-order valence-electron chi connectivity index (χ3n) is 4.54. The fraction of sp³-hybridized carbons (Fsp3) is 0.286. The van der Waals surface area contributed by atoms with E-state index < -0.39 is 0 Å². The molecular formula is C21H21ClO2. The molecule has 2 nitrogen and oxygen atoms in total. The van der Waals surface area contributed by atoms with E-state index in [4.69, 9.17) is 11.6 Å². The molecule has 3 rings (SSSR count). The molecule has 0 unspecified atom stereocenters. The number of ketones is 1. The highest BCUT2D eigenvalue weighted by molar-refractivity contribution is 6.30. The minimum atomic E-state index is -0.188. The molecule has 1 N–H and O–H groups in total. The first-order valence-electron chi connectivity index (χ1n) is 8.09. The summed E-state index contributed by atoms with van der Waals surface area (Å²) in [6.45, 7) is 5.98. The Hall–Kier alpha value is -2.06. The lowest BCUT2D eigenvalue weighted by molar-refractivity contribution is -0.116. The Morgan fingerprint density at radius 1 is 1.00 bits per heavy atom. The monoisotopic (exact) mass is 340 g/mol. The van der Waals surface area contributed by atoms with Crippen molar-refractivity contribution in [2.24, 2.45) is 5.41 Å². The maximum Gasteiger partial charge on any atom is 0.167 e. The van der Waals surface area contributed by atoms with Gasteiger partial charge in [0.1, 0.15) is 5.76 Å². The molecule has 0 spiro atoms. The van der Waals surface area contributed by atoms with E-state index in [2.05, 4.69) is 0 Å². The number of aliphatic hydroxyl groups is 1. The van der Waals surface area contributed by atoms with Gasteiger partial charge in [-0.1, -0.05) is 49.7 Å². The molecule has 0 heterocycles. The molecule has 0 fully saturated rings. The van der Waals surface area contributed by atoms with Gasteiger partial charge in [-0.25, -0.2) is 0 Å². The summed E-state index contributed by atoms with van der Waals surface area (Å²) >= 11 is 5.96. The van der Waals surface area contributed by atoms with E-state index in [0.717, 1.165) is 22.3 Å². The first kappa shape index (κ1) is 16.8. The van der Waals surface area contributed by atoms with Crippen molar-refractivity contribution in [1.82, 2.24) is 0 Å².